The second kappa shape index (κ2) is 4.60. The molecule has 1 saturated heterocycles. The lowest BCUT2D eigenvalue weighted by atomic mass is 9.84. The van der Waals surface area contributed by atoms with Crippen molar-refractivity contribution in [2.75, 3.05) is 26.8 Å². The van der Waals surface area contributed by atoms with Crippen LogP contribution in [0.15, 0.2) is 0 Å². The average Bonchev–Trinajstić information content (AvgIpc) is 2.19. The van der Waals surface area contributed by atoms with Gasteiger partial charge in [-0.3, -0.25) is 0 Å². The molecule has 0 aromatic rings. The number of rotatable bonds is 2. The van der Waals surface area contributed by atoms with Gasteiger partial charge < -0.3 is 14.8 Å². The van der Waals surface area contributed by atoms with Gasteiger partial charge in [-0.25, -0.2) is 0 Å². The normalized spacial score (nSPS) is 31.9. The van der Waals surface area contributed by atoms with Crippen LogP contribution in [0.3, 0.4) is 0 Å². The quantitative estimate of drug-likeness (QED) is 0.731. The maximum atomic E-state index is 5.83. The SMILES string of the molecule is CNCC1CCCC2(C1)OCCCO2. The van der Waals surface area contributed by atoms with Gasteiger partial charge in [0.1, 0.15) is 0 Å². The van der Waals surface area contributed by atoms with Crippen LogP contribution in [0, 0.1) is 5.92 Å². The van der Waals surface area contributed by atoms with E-state index in [4.69, 9.17) is 9.47 Å². The van der Waals surface area contributed by atoms with Crippen molar-refractivity contribution in [1.82, 2.24) is 5.32 Å². The van der Waals surface area contributed by atoms with Gasteiger partial charge in [0.2, 0.25) is 0 Å². The molecule has 3 heteroatoms. The van der Waals surface area contributed by atoms with Crippen LogP contribution >= 0.6 is 0 Å². The first-order chi connectivity index (χ1) is 6.85. The number of hydrogen-bond donors (Lipinski definition) is 1. The Bertz CT molecular complexity index is 171. The van der Waals surface area contributed by atoms with Crippen LogP contribution in [0.5, 0.6) is 0 Å². The molecular weight excluding hydrogens is 178 g/mol. The Morgan fingerprint density at radius 3 is 2.79 bits per heavy atom. The summed E-state index contributed by atoms with van der Waals surface area (Å²) in [6.45, 7) is 2.85. The van der Waals surface area contributed by atoms with Crippen molar-refractivity contribution in [3.63, 3.8) is 0 Å². The van der Waals surface area contributed by atoms with E-state index in [9.17, 15) is 0 Å². The van der Waals surface area contributed by atoms with E-state index in [0.717, 1.165) is 44.9 Å². The first-order valence-electron chi connectivity index (χ1n) is 5.77. The molecule has 3 nitrogen and oxygen atoms in total. The number of hydrogen-bond acceptors (Lipinski definition) is 3. The molecule has 1 N–H and O–H groups in total. The highest BCUT2D eigenvalue weighted by Crippen LogP contribution is 2.37. The molecule has 1 aliphatic carbocycles. The minimum Gasteiger partial charge on any atom is -0.350 e. The van der Waals surface area contributed by atoms with Crippen LogP contribution in [0.4, 0.5) is 0 Å². The predicted octanol–water partition coefficient (Wildman–Crippen LogP) is 1.53. The summed E-state index contributed by atoms with van der Waals surface area (Å²) in [5, 5.41) is 3.25. The van der Waals surface area contributed by atoms with Gasteiger partial charge in [0, 0.05) is 12.8 Å². The molecule has 1 saturated carbocycles. The first kappa shape index (κ1) is 10.4. The van der Waals surface area contributed by atoms with Gasteiger partial charge in [-0.2, -0.15) is 0 Å². The molecule has 14 heavy (non-hydrogen) atoms. The van der Waals surface area contributed by atoms with Gasteiger partial charge in [-0.05, 0) is 38.8 Å². The van der Waals surface area contributed by atoms with E-state index >= 15 is 0 Å². The Kier molecular flexibility index (Phi) is 3.42. The van der Waals surface area contributed by atoms with Crippen molar-refractivity contribution in [1.29, 1.82) is 0 Å². The molecule has 0 aromatic heterocycles. The van der Waals surface area contributed by atoms with E-state index in [1.54, 1.807) is 0 Å². The molecule has 1 spiro atoms. The molecule has 0 bridgehead atoms. The van der Waals surface area contributed by atoms with Crippen molar-refractivity contribution >= 4 is 0 Å². The molecule has 2 fully saturated rings. The van der Waals surface area contributed by atoms with Crippen molar-refractivity contribution in [2.24, 2.45) is 5.92 Å². The van der Waals surface area contributed by atoms with E-state index in [1.165, 1.54) is 12.8 Å². The van der Waals surface area contributed by atoms with Crippen molar-refractivity contribution in [2.45, 2.75) is 37.9 Å². The fourth-order valence-electron chi connectivity index (χ4n) is 2.65. The van der Waals surface area contributed by atoms with E-state index < -0.39 is 0 Å². The van der Waals surface area contributed by atoms with Gasteiger partial charge >= 0.3 is 0 Å². The molecule has 1 unspecified atom stereocenters. The van der Waals surface area contributed by atoms with Gasteiger partial charge in [0.25, 0.3) is 0 Å². The highest BCUT2D eigenvalue weighted by Gasteiger charge is 2.39. The lowest BCUT2D eigenvalue weighted by Crippen LogP contribution is -2.45. The van der Waals surface area contributed by atoms with E-state index in [1.807, 2.05) is 7.05 Å². The summed E-state index contributed by atoms with van der Waals surface area (Å²) >= 11 is 0. The van der Waals surface area contributed by atoms with Crippen molar-refractivity contribution < 1.29 is 9.47 Å². The third-order valence-electron chi connectivity index (χ3n) is 3.28. The van der Waals surface area contributed by atoms with Crippen LogP contribution in [0.2, 0.25) is 0 Å². The Morgan fingerprint density at radius 1 is 1.29 bits per heavy atom. The molecule has 1 heterocycles. The van der Waals surface area contributed by atoms with Gasteiger partial charge in [0.15, 0.2) is 5.79 Å². The highest BCUT2D eigenvalue weighted by atomic mass is 16.7. The van der Waals surface area contributed by atoms with E-state index in [-0.39, 0.29) is 5.79 Å². The fraction of sp³-hybridized carbons (Fsp3) is 1.00. The Labute approximate surface area is 86.2 Å². The third kappa shape index (κ3) is 2.27. The minimum atomic E-state index is -0.210. The second-order valence-electron chi connectivity index (χ2n) is 4.48. The molecule has 0 radical (unpaired) electrons. The summed E-state index contributed by atoms with van der Waals surface area (Å²) in [5.74, 6) is 0.518. The van der Waals surface area contributed by atoms with Crippen LogP contribution in [0.1, 0.15) is 32.1 Å². The second-order valence-corrected chi connectivity index (χ2v) is 4.48. The zero-order valence-electron chi connectivity index (χ0n) is 9.05. The number of nitrogens with one attached hydrogen (secondary N) is 1. The molecular formula is C11H21NO2. The van der Waals surface area contributed by atoms with Crippen LogP contribution in [-0.2, 0) is 9.47 Å². The summed E-state index contributed by atoms with van der Waals surface area (Å²) in [7, 11) is 2.02. The van der Waals surface area contributed by atoms with Crippen molar-refractivity contribution in [3.8, 4) is 0 Å². The smallest absolute Gasteiger partial charge is 0.168 e. The maximum absolute atomic E-state index is 5.83. The summed E-state index contributed by atoms with van der Waals surface area (Å²) in [5.41, 5.74) is 0. The molecule has 1 atom stereocenters. The van der Waals surface area contributed by atoms with E-state index in [0.29, 0.717) is 0 Å². The first-order valence-corrected chi connectivity index (χ1v) is 5.77. The highest BCUT2D eigenvalue weighted by molar-refractivity contribution is 4.83. The number of ether oxygens (including phenoxy) is 2. The van der Waals surface area contributed by atoms with Gasteiger partial charge in [0.05, 0.1) is 13.2 Å². The largest absolute Gasteiger partial charge is 0.350 e. The zero-order chi connectivity index (χ0) is 9.86. The molecule has 2 rings (SSSR count). The third-order valence-corrected chi connectivity index (χ3v) is 3.28. The van der Waals surface area contributed by atoms with Gasteiger partial charge in [-0.1, -0.05) is 0 Å². The fourth-order valence-corrected chi connectivity index (χ4v) is 2.65. The molecule has 82 valence electrons. The monoisotopic (exact) mass is 199 g/mol. The summed E-state index contributed by atoms with van der Waals surface area (Å²) < 4.78 is 11.7. The molecule has 0 amide bonds. The maximum Gasteiger partial charge on any atom is 0.168 e. The standard InChI is InChI=1S/C11H21NO2/c1-12-9-10-4-2-5-11(8-10)13-6-3-7-14-11/h10,12H,2-9H2,1H3. The van der Waals surface area contributed by atoms with E-state index in [2.05, 4.69) is 5.32 Å². The van der Waals surface area contributed by atoms with Crippen LogP contribution in [0.25, 0.3) is 0 Å². The average molecular weight is 199 g/mol. The van der Waals surface area contributed by atoms with Crippen LogP contribution in [-0.4, -0.2) is 32.6 Å². The minimum absolute atomic E-state index is 0.210. The Hall–Kier alpha value is -0.120. The summed E-state index contributed by atoms with van der Waals surface area (Å²) in [4.78, 5) is 0. The predicted molar refractivity (Wildman–Crippen MR) is 55.1 cm³/mol. The molecule has 2 aliphatic rings. The van der Waals surface area contributed by atoms with Crippen LogP contribution < -0.4 is 5.32 Å². The summed E-state index contributed by atoms with van der Waals surface area (Å²) in [6.07, 6.45) is 5.78. The molecule has 1 aliphatic heterocycles. The lowest BCUT2D eigenvalue weighted by Gasteiger charge is -2.42. The zero-order valence-corrected chi connectivity index (χ0v) is 9.05. The Balaban J connectivity index is 1.91. The lowest BCUT2D eigenvalue weighted by molar-refractivity contribution is -0.285. The summed E-state index contributed by atoms with van der Waals surface area (Å²) in [6, 6.07) is 0. The van der Waals surface area contributed by atoms with Gasteiger partial charge in [-0.15, -0.1) is 0 Å². The Morgan fingerprint density at radius 2 is 2.07 bits per heavy atom. The molecule has 0 aromatic carbocycles. The van der Waals surface area contributed by atoms with Crippen molar-refractivity contribution in [3.05, 3.63) is 0 Å². The topological polar surface area (TPSA) is 30.5 Å².